The Kier molecular flexibility index (Phi) is 5.94. The van der Waals surface area contributed by atoms with Gasteiger partial charge in [0.1, 0.15) is 0 Å². The van der Waals surface area contributed by atoms with Gasteiger partial charge in [0.15, 0.2) is 0 Å². The second-order valence-electron chi connectivity index (χ2n) is 6.62. The molecule has 0 atom stereocenters. The lowest BCUT2D eigenvalue weighted by atomic mass is 10.1. The molecule has 1 aromatic heterocycles. The number of para-hydroxylation sites is 1. The van der Waals surface area contributed by atoms with E-state index in [0.717, 1.165) is 29.6 Å². The molecular formula is C18H23F3N4O. The monoisotopic (exact) mass is 368 g/mol. The van der Waals surface area contributed by atoms with Gasteiger partial charge in [0.2, 0.25) is 5.91 Å². The largest absolute Gasteiger partial charge is 0.418 e. The van der Waals surface area contributed by atoms with Crippen molar-refractivity contribution < 1.29 is 18.0 Å². The highest BCUT2D eigenvalue weighted by Crippen LogP contribution is 2.34. The highest BCUT2D eigenvalue weighted by atomic mass is 19.4. The maximum atomic E-state index is 13.0. The predicted molar refractivity (Wildman–Crippen MR) is 93.5 cm³/mol. The Morgan fingerprint density at radius 1 is 1.23 bits per heavy atom. The lowest BCUT2D eigenvalue weighted by Crippen LogP contribution is -2.32. The fourth-order valence-corrected chi connectivity index (χ4v) is 2.69. The number of carbonyl (C=O) groups excluding carboxylic acids is 1. The molecule has 0 saturated carbocycles. The van der Waals surface area contributed by atoms with Gasteiger partial charge in [-0.2, -0.15) is 18.3 Å². The van der Waals surface area contributed by atoms with E-state index in [9.17, 15) is 18.0 Å². The van der Waals surface area contributed by atoms with E-state index in [2.05, 4.69) is 29.8 Å². The number of benzene rings is 1. The zero-order valence-electron chi connectivity index (χ0n) is 15.2. The first kappa shape index (κ1) is 19.8. The number of nitrogens with one attached hydrogen (secondary N) is 2. The summed E-state index contributed by atoms with van der Waals surface area (Å²) in [5.74, 6) is -0.0208. The van der Waals surface area contributed by atoms with Crippen molar-refractivity contribution in [3.8, 4) is 0 Å². The second kappa shape index (κ2) is 7.80. The summed E-state index contributed by atoms with van der Waals surface area (Å²) in [6.07, 6.45) is -4.46. The third kappa shape index (κ3) is 4.77. The lowest BCUT2D eigenvalue weighted by molar-refractivity contribution is -0.137. The minimum Gasteiger partial charge on any atom is -0.298 e. The van der Waals surface area contributed by atoms with Crippen LogP contribution in [0.4, 0.5) is 18.9 Å². The van der Waals surface area contributed by atoms with E-state index in [1.54, 1.807) is 0 Å². The van der Waals surface area contributed by atoms with Gasteiger partial charge in [0, 0.05) is 17.8 Å². The van der Waals surface area contributed by atoms with Crippen molar-refractivity contribution in [1.29, 1.82) is 0 Å². The summed E-state index contributed by atoms with van der Waals surface area (Å²) in [5, 5.41) is 4.44. The molecule has 0 aliphatic rings. The SMILES string of the molecule is Cc1nn(CC(C)C)c(C)c1CC(=O)NNc1ccccc1C(F)(F)F. The van der Waals surface area contributed by atoms with E-state index in [-0.39, 0.29) is 12.1 Å². The summed E-state index contributed by atoms with van der Waals surface area (Å²) < 4.78 is 40.8. The number of amides is 1. The van der Waals surface area contributed by atoms with Crippen LogP contribution in [0.25, 0.3) is 0 Å². The standard InChI is InChI=1S/C18H23F3N4O/c1-11(2)10-25-13(4)14(12(3)24-25)9-17(26)23-22-16-8-6-5-7-15(16)18(19,20)21/h5-8,11,22H,9-10H2,1-4H3,(H,23,26). The summed E-state index contributed by atoms with van der Waals surface area (Å²) in [4.78, 5) is 12.2. The Morgan fingerprint density at radius 2 is 1.88 bits per heavy atom. The molecular weight excluding hydrogens is 345 g/mol. The maximum Gasteiger partial charge on any atom is 0.418 e. The topological polar surface area (TPSA) is 59.0 Å². The van der Waals surface area contributed by atoms with Gasteiger partial charge in [-0.15, -0.1) is 0 Å². The fraction of sp³-hybridized carbons (Fsp3) is 0.444. The zero-order valence-corrected chi connectivity index (χ0v) is 15.2. The quantitative estimate of drug-likeness (QED) is 0.761. The number of anilines is 1. The van der Waals surface area contributed by atoms with Gasteiger partial charge >= 0.3 is 6.18 Å². The summed E-state index contributed by atoms with van der Waals surface area (Å²) >= 11 is 0. The van der Waals surface area contributed by atoms with Crippen LogP contribution in [-0.4, -0.2) is 15.7 Å². The van der Waals surface area contributed by atoms with Crippen molar-refractivity contribution in [1.82, 2.24) is 15.2 Å². The molecule has 2 rings (SSSR count). The third-order valence-corrected chi connectivity index (χ3v) is 3.98. The number of aryl methyl sites for hydroxylation is 1. The molecule has 0 aliphatic heterocycles. The molecule has 0 bridgehead atoms. The summed E-state index contributed by atoms with van der Waals surface area (Å²) in [7, 11) is 0. The minimum atomic E-state index is -4.50. The summed E-state index contributed by atoms with van der Waals surface area (Å²) in [6, 6.07) is 4.98. The first-order chi connectivity index (χ1) is 12.1. The highest BCUT2D eigenvalue weighted by Gasteiger charge is 2.33. The molecule has 8 heteroatoms. The van der Waals surface area contributed by atoms with E-state index in [4.69, 9.17) is 0 Å². The molecule has 142 valence electrons. The van der Waals surface area contributed by atoms with Crippen molar-refractivity contribution >= 4 is 11.6 Å². The Hall–Kier alpha value is -2.51. The van der Waals surface area contributed by atoms with Crippen LogP contribution < -0.4 is 10.9 Å². The smallest absolute Gasteiger partial charge is 0.298 e. The van der Waals surface area contributed by atoms with Crippen LogP contribution in [0.2, 0.25) is 0 Å². The number of carbonyl (C=O) groups is 1. The molecule has 1 heterocycles. The van der Waals surface area contributed by atoms with Gasteiger partial charge in [-0.1, -0.05) is 26.0 Å². The van der Waals surface area contributed by atoms with E-state index in [1.807, 2.05) is 18.5 Å². The van der Waals surface area contributed by atoms with Crippen molar-refractivity contribution in [2.75, 3.05) is 5.43 Å². The summed E-state index contributed by atoms with van der Waals surface area (Å²) in [5.41, 5.74) is 6.10. The number of alkyl halides is 3. The van der Waals surface area contributed by atoms with Crippen LogP contribution >= 0.6 is 0 Å². The van der Waals surface area contributed by atoms with Crippen LogP contribution in [0.3, 0.4) is 0 Å². The van der Waals surface area contributed by atoms with Crippen LogP contribution in [0.5, 0.6) is 0 Å². The van der Waals surface area contributed by atoms with Crippen LogP contribution in [0, 0.1) is 19.8 Å². The van der Waals surface area contributed by atoms with Crippen molar-refractivity contribution in [2.45, 2.75) is 46.8 Å². The van der Waals surface area contributed by atoms with Gasteiger partial charge in [-0.05, 0) is 31.9 Å². The molecule has 2 N–H and O–H groups in total. The number of halogens is 3. The molecule has 1 amide bonds. The van der Waals surface area contributed by atoms with Crippen LogP contribution in [0.1, 0.15) is 36.4 Å². The van der Waals surface area contributed by atoms with Gasteiger partial charge in [-0.3, -0.25) is 20.3 Å². The van der Waals surface area contributed by atoms with Crippen LogP contribution in [-0.2, 0) is 23.9 Å². The molecule has 0 fully saturated rings. The Labute approximate surface area is 150 Å². The van der Waals surface area contributed by atoms with Crippen molar-refractivity contribution in [3.05, 3.63) is 46.8 Å². The number of hydrazine groups is 1. The number of hydrogen-bond acceptors (Lipinski definition) is 3. The van der Waals surface area contributed by atoms with E-state index < -0.39 is 17.6 Å². The molecule has 0 aliphatic carbocycles. The Morgan fingerprint density at radius 3 is 2.50 bits per heavy atom. The van der Waals surface area contributed by atoms with Crippen LogP contribution in [0.15, 0.2) is 24.3 Å². The van der Waals surface area contributed by atoms with Gasteiger partial charge in [0.05, 0.1) is 23.4 Å². The molecule has 0 unspecified atom stereocenters. The van der Waals surface area contributed by atoms with E-state index >= 15 is 0 Å². The number of aromatic nitrogens is 2. The van der Waals surface area contributed by atoms with Crippen molar-refractivity contribution in [2.24, 2.45) is 5.92 Å². The fourth-order valence-electron chi connectivity index (χ4n) is 2.69. The average molecular weight is 368 g/mol. The molecule has 0 spiro atoms. The Bertz CT molecular complexity index is 781. The average Bonchev–Trinajstić information content (AvgIpc) is 2.79. The van der Waals surface area contributed by atoms with E-state index in [0.29, 0.717) is 5.92 Å². The summed E-state index contributed by atoms with van der Waals surface area (Å²) in [6.45, 7) is 8.59. The predicted octanol–water partition coefficient (Wildman–Crippen LogP) is 3.86. The molecule has 5 nitrogen and oxygen atoms in total. The molecule has 0 radical (unpaired) electrons. The van der Waals surface area contributed by atoms with Crippen molar-refractivity contribution in [3.63, 3.8) is 0 Å². The second-order valence-corrected chi connectivity index (χ2v) is 6.62. The Balaban J connectivity index is 2.06. The highest BCUT2D eigenvalue weighted by molar-refractivity contribution is 5.80. The molecule has 1 aromatic carbocycles. The minimum absolute atomic E-state index is 0.0386. The van der Waals surface area contributed by atoms with Gasteiger partial charge < -0.3 is 0 Å². The lowest BCUT2D eigenvalue weighted by Gasteiger charge is -2.15. The van der Waals surface area contributed by atoms with Gasteiger partial charge in [-0.25, -0.2) is 0 Å². The first-order valence-electron chi connectivity index (χ1n) is 8.33. The first-order valence-corrected chi connectivity index (χ1v) is 8.33. The van der Waals surface area contributed by atoms with Gasteiger partial charge in [0.25, 0.3) is 0 Å². The molecule has 26 heavy (non-hydrogen) atoms. The normalized spacial score (nSPS) is 11.7. The van der Waals surface area contributed by atoms with E-state index in [1.165, 1.54) is 18.2 Å². The number of hydrogen-bond donors (Lipinski definition) is 2. The third-order valence-electron chi connectivity index (χ3n) is 3.98. The number of nitrogens with zero attached hydrogens (tertiary/aromatic N) is 2. The molecule has 2 aromatic rings. The molecule has 0 saturated heterocycles. The zero-order chi connectivity index (χ0) is 19.5. The maximum absolute atomic E-state index is 13.0. The number of rotatable bonds is 6.